The van der Waals surface area contributed by atoms with Gasteiger partial charge in [0.05, 0.1) is 10.6 Å². The maximum atomic E-state index is 13.4. The van der Waals surface area contributed by atoms with Crippen LogP contribution in [0.3, 0.4) is 0 Å². The molecule has 152 valence electrons. The number of hydrogen-bond acceptors (Lipinski definition) is 5. The Morgan fingerprint density at radius 3 is 2.71 bits per heavy atom. The molecule has 28 heavy (non-hydrogen) atoms. The third-order valence-corrected chi connectivity index (χ3v) is 7.75. The molecule has 0 radical (unpaired) electrons. The van der Waals surface area contributed by atoms with Gasteiger partial charge in [0.1, 0.15) is 11.8 Å². The predicted octanol–water partition coefficient (Wildman–Crippen LogP) is 1.54. The molecule has 1 saturated heterocycles. The summed E-state index contributed by atoms with van der Waals surface area (Å²) in [6.07, 6.45) is 5.29. The van der Waals surface area contributed by atoms with E-state index < -0.39 is 16.1 Å². The highest BCUT2D eigenvalue weighted by molar-refractivity contribution is 7.89. The molecular formula is C19H25N3O5S. The Hall–Kier alpha value is -2.13. The molecule has 4 rings (SSSR count). The summed E-state index contributed by atoms with van der Waals surface area (Å²) in [5.41, 5.74) is 0.969. The van der Waals surface area contributed by atoms with Crippen molar-refractivity contribution in [3.63, 3.8) is 0 Å². The van der Waals surface area contributed by atoms with Crippen molar-refractivity contribution in [1.29, 1.82) is 0 Å². The fourth-order valence-electron chi connectivity index (χ4n) is 4.28. The minimum Gasteiger partial charge on any atom is -0.482 e. The number of carbonyl (C=O) groups is 2. The molecule has 8 nitrogen and oxygen atoms in total. The lowest BCUT2D eigenvalue weighted by Crippen LogP contribution is -2.48. The third-order valence-electron chi connectivity index (χ3n) is 5.70. The Bertz CT molecular complexity index is 908. The van der Waals surface area contributed by atoms with Crippen LogP contribution in [-0.4, -0.2) is 49.8 Å². The van der Waals surface area contributed by atoms with Gasteiger partial charge in [-0.15, -0.1) is 0 Å². The Morgan fingerprint density at radius 1 is 1.21 bits per heavy atom. The van der Waals surface area contributed by atoms with Gasteiger partial charge in [-0.05, 0) is 44.2 Å². The van der Waals surface area contributed by atoms with Crippen LogP contribution in [-0.2, 0) is 19.6 Å². The van der Waals surface area contributed by atoms with Gasteiger partial charge in [-0.1, -0.05) is 12.8 Å². The number of fused-ring (bicyclic) bond motifs is 1. The van der Waals surface area contributed by atoms with E-state index in [2.05, 4.69) is 10.6 Å². The summed E-state index contributed by atoms with van der Waals surface area (Å²) in [4.78, 5) is 24.3. The van der Waals surface area contributed by atoms with Crippen molar-refractivity contribution in [1.82, 2.24) is 9.62 Å². The quantitative estimate of drug-likeness (QED) is 0.788. The summed E-state index contributed by atoms with van der Waals surface area (Å²) in [7, 11) is -3.86. The zero-order valence-corrected chi connectivity index (χ0v) is 16.7. The van der Waals surface area contributed by atoms with Crippen molar-refractivity contribution >= 4 is 27.5 Å². The average molecular weight is 407 g/mol. The van der Waals surface area contributed by atoms with Gasteiger partial charge >= 0.3 is 0 Å². The van der Waals surface area contributed by atoms with Crippen LogP contribution >= 0.6 is 0 Å². The van der Waals surface area contributed by atoms with Gasteiger partial charge in [0.25, 0.3) is 5.91 Å². The van der Waals surface area contributed by atoms with E-state index in [1.165, 1.54) is 10.4 Å². The number of carbonyl (C=O) groups excluding carboxylic acids is 2. The molecule has 2 amide bonds. The number of aryl methyl sites for hydroxylation is 1. The van der Waals surface area contributed by atoms with Crippen molar-refractivity contribution in [2.24, 2.45) is 0 Å². The minimum atomic E-state index is -3.86. The standard InChI is InChI=1S/C19H25N3O5S/c1-12-9-14-16(27-11-18(23)21-14)10-17(12)28(25,26)22-8-4-7-15(22)19(24)20-13-5-2-3-6-13/h9-10,13,15H,2-8,11H2,1H3,(H,20,24)(H,21,23)/t15-/m0/s1. The van der Waals surface area contributed by atoms with Crippen LogP contribution in [0.25, 0.3) is 0 Å². The zero-order valence-electron chi connectivity index (χ0n) is 15.9. The highest BCUT2D eigenvalue weighted by Gasteiger charge is 2.41. The molecule has 2 N–H and O–H groups in total. The van der Waals surface area contributed by atoms with E-state index in [0.29, 0.717) is 36.4 Å². The Morgan fingerprint density at radius 2 is 1.96 bits per heavy atom. The van der Waals surface area contributed by atoms with Crippen molar-refractivity contribution in [3.05, 3.63) is 17.7 Å². The van der Waals surface area contributed by atoms with E-state index in [1.54, 1.807) is 13.0 Å². The first-order valence-corrected chi connectivity index (χ1v) is 11.2. The SMILES string of the molecule is Cc1cc2c(cc1S(=O)(=O)N1CCC[C@H]1C(=O)NC1CCCC1)OCC(=O)N2. The van der Waals surface area contributed by atoms with Crippen LogP contribution in [0, 0.1) is 6.92 Å². The smallest absolute Gasteiger partial charge is 0.262 e. The number of nitrogens with one attached hydrogen (secondary N) is 2. The van der Waals surface area contributed by atoms with Crippen LogP contribution in [0.4, 0.5) is 5.69 Å². The second-order valence-electron chi connectivity index (χ2n) is 7.71. The summed E-state index contributed by atoms with van der Waals surface area (Å²) in [6.45, 7) is 1.85. The van der Waals surface area contributed by atoms with Crippen molar-refractivity contribution in [2.45, 2.75) is 62.4 Å². The number of hydrogen-bond donors (Lipinski definition) is 2. The first kappa shape index (κ1) is 19.2. The predicted molar refractivity (Wildman–Crippen MR) is 103 cm³/mol. The number of amides is 2. The Balaban J connectivity index is 1.60. The van der Waals surface area contributed by atoms with E-state index >= 15 is 0 Å². The first-order chi connectivity index (χ1) is 13.4. The van der Waals surface area contributed by atoms with Crippen molar-refractivity contribution in [3.8, 4) is 5.75 Å². The highest BCUT2D eigenvalue weighted by Crippen LogP contribution is 2.36. The van der Waals surface area contributed by atoms with Gasteiger partial charge in [0, 0.05) is 18.7 Å². The maximum Gasteiger partial charge on any atom is 0.262 e. The van der Waals surface area contributed by atoms with Gasteiger partial charge in [-0.2, -0.15) is 4.31 Å². The molecule has 0 unspecified atom stereocenters. The van der Waals surface area contributed by atoms with E-state index in [0.717, 1.165) is 25.7 Å². The maximum absolute atomic E-state index is 13.4. The lowest BCUT2D eigenvalue weighted by molar-refractivity contribution is -0.125. The summed E-state index contributed by atoms with van der Waals surface area (Å²) in [5.74, 6) is -0.146. The van der Waals surface area contributed by atoms with E-state index in [9.17, 15) is 18.0 Å². The molecule has 1 atom stereocenters. The molecule has 0 bridgehead atoms. The monoisotopic (exact) mass is 407 g/mol. The fourth-order valence-corrected chi connectivity index (χ4v) is 6.16. The summed E-state index contributed by atoms with van der Waals surface area (Å²) < 4.78 is 33.4. The number of anilines is 1. The summed E-state index contributed by atoms with van der Waals surface area (Å²) in [5, 5.41) is 5.71. The molecule has 1 aliphatic carbocycles. The van der Waals surface area contributed by atoms with Gasteiger partial charge in [0.15, 0.2) is 6.61 Å². The normalized spacial score (nSPS) is 23.2. The van der Waals surface area contributed by atoms with Gasteiger partial charge in [-0.25, -0.2) is 8.42 Å². The second kappa shape index (κ2) is 7.36. The van der Waals surface area contributed by atoms with Crippen LogP contribution in [0.15, 0.2) is 17.0 Å². The zero-order chi connectivity index (χ0) is 19.9. The highest BCUT2D eigenvalue weighted by atomic mass is 32.2. The molecule has 1 aromatic carbocycles. The molecule has 2 heterocycles. The van der Waals surface area contributed by atoms with Crippen molar-refractivity contribution < 1.29 is 22.7 Å². The number of nitrogens with zero attached hydrogens (tertiary/aromatic N) is 1. The molecule has 2 fully saturated rings. The van der Waals surface area contributed by atoms with Crippen LogP contribution in [0.1, 0.15) is 44.1 Å². The Kier molecular flexibility index (Phi) is 5.05. The van der Waals surface area contributed by atoms with Crippen molar-refractivity contribution in [2.75, 3.05) is 18.5 Å². The molecule has 0 aromatic heterocycles. The van der Waals surface area contributed by atoms with Gasteiger partial charge in [0.2, 0.25) is 15.9 Å². The number of benzene rings is 1. The molecule has 1 aromatic rings. The van der Waals surface area contributed by atoms with E-state index in [1.807, 2.05) is 0 Å². The van der Waals surface area contributed by atoms with E-state index in [4.69, 9.17) is 4.74 Å². The number of rotatable bonds is 4. The largest absolute Gasteiger partial charge is 0.482 e. The topological polar surface area (TPSA) is 105 Å². The molecule has 9 heteroatoms. The van der Waals surface area contributed by atoms with Gasteiger partial charge in [-0.3, -0.25) is 9.59 Å². The van der Waals surface area contributed by atoms with Crippen LogP contribution < -0.4 is 15.4 Å². The lowest BCUT2D eigenvalue weighted by atomic mass is 10.2. The lowest BCUT2D eigenvalue weighted by Gasteiger charge is -2.26. The molecule has 2 aliphatic heterocycles. The number of ether oxygens (including phenoxy) is 1. The molecular weight excluding hydrogens is 382 g/mol. The minimum absolute atomic E-state index is 0.114. The second-order valence-corrected chi connectivity index (χ2v) is 9.57. The number of sulfonamides is 1. The summed E-state index contributed by atoms with van der Waals surface area (Å²) in [6, 6.07) is 2.52. The summed E-state index contributed by atoms with van der Waals surface area (Å²) >= 11 is 0. The Labute approximate surface area is 164 Å². The fraction of sp³-hybridized carbons (Fsp3) is 0.579. The van der Waals surface area contributed by atoms with Crippen LogP contribution in [0.5, 0.6) is 5.75 Å². The van der Waals surface area contributed by atoms with Crippen LogP contribution in [0.2, 0.25) is 0 Å². The third kappa shape index (κ3) is 3.48. The molecule has 0 spiro atoms. The molecule has 1 saturated carbocycles. The van der Waals surface area contributed by atoms with E-state index in [-0.39, 0.29) is 29.4 Å². The average Bonchev–Trinajstić information content (AvgIpc) is 3.32. The molecule has 3 aliphatic rings. The van der Waals surface area contributed by atoms with Gasteiger partial charge < -0.3 is 15.4 Å². The first-order valence-electron chi connectivity index (χ1n) is 9.76.